The highest BCUT2D eigenvalue weighted by molar-refractivity contribution is 5.74. The predicted molar refractivity (Wildman–Crippen MR) is 103 cm³/mol. The first-order valence-electron chi connectivity index (χ1n) is 8.82. The Hall–Kier alpha value is -2.83. The van der Waals surface area contributed by atoms with Crippen molar-refractivity contribution in [2.45, 2.75) is 46.2 Å². The first-order valence-corrected chi connectivity index (χ1v) is 8.82. The van der Waals surface area contributed by atoms with Crippen molar-refractivity contribution in [3.8, 4) is 5.75 Å². The van der Waals surface area contributed by atoms with E-state index < -0.39 is 0 Å². The minimum atomic E-state index is -0.256. The molecule has 7 nitrogen and oxygen atoms in total. The highest BCUT2D eigenvalue weighted by Gasteiger charge is 2.19. The van der Waals surface area contributed by atoms with Gasteiger partial charge in [-0.05, 0) is 44.9 Å². The van der Waals surface area contributed by atoms with E-state index in [1.54, 1.807) is 10.9 Å². The Morgan fingerprint density at radius 2 is 1.96 bits per heavy atom. The Morgan fingerprint density at radius 1 is 1.23 bits per heavy atom. The molecule has 0 spiro atoms. The number of nitrogens with one attached hydrogen (secondary N) is 2. The standard InChI is InChI=1S/C19H25N5O2/c1-5-10-26-14-8-6-13(7-9-14)11-20-18-22-16-15(17(25)23-18)12-21-24(16)19(2,3)4/h6-9,12H,5,10-11H2,1-4H3,(H2,20,22,23,25). The summed E-state index contributed by atoms with van der Waals surface area (Å²) < 4.78 is 7.35. The third kappa shape index (κ3) is 3.87. The average Bonchev–Trinajstić information content (AvgIpc) is 3.04. The van der Waals surface area contributed by atoms with Gasteiger partial charge in [0.05, 0.1) is 18.3 Å². The number of hydrogen-bond donors (Lipinski definition) is 2. The van der Waals surface area contributed by atoms with E-state index in [1.807, 2.05) is 45.0 Å². The van der Waals surface area contributed by atoms with Gasteiger partial charge < -0.3 is 10.1 Å². The predicted octanol–water partition coefficient (Wildman–Crippen LogP) is 3.28. The first-order chi connectivity index (χ1) is 12.4. The molecule has 2 N–H and O–H groups in total. The number of anilines is 1. The van der Waals surface area contributed by atoms with Gasteiger partial charge in [0, 0.05) is 6.54 Å². The van der Waals surface area contributed by atoms with Crippen LogP contribution in [0.4, 0.5) is 5.95 Å². The fraction of sp³-hybridized carbons (Fsp3) is 0.421. The Morgan fingerprint density at radius 3 is 2.62 bits per heavy atom. The number of H-pyrrole nitrogens is 1. The summed E-state index contributed by atoms with van der Waals surface area (Å²) >= 11 is 0. The number of hydrogen-bond acceptors (Lipinski definition) is 5. The summed E-state index contributed by atoms with van der Waals surface area (Å²) in [4.78, 5) is 19.6. The second-order valence-corrected chi connectivity index (χ2v) is 7.22. The summed E-state index contributed by atoms with van der Waals surface area (Å²) in [7, 11) is 0. The van der Waals surface area contributed by atoms with E-state index in [0.717, 1.165) is 17.7 Å². The maximum atomic E-state index is 12.3. The summed E-state index contributed by atoms with van der Waals surface area (Å²) in [5.74, 6) is 1.29. The van der Waals surface area contributed by atoms with Crippen molar-refractivity contribution in [2.75, 3.05) is 11.9 Å². The molecule has 0 aliphatic heterocycles. The van der Waals surface area contributed by atoms with Gasteiger partial charge in [-0.15, -0.1) is 0 Å². The van der Waals surface area contributed by atoms with Crippen LogP contribution in [0.3, 0.4) is 0 Å². The number of aromatic nitrogens is 4. The molecule has 138 valence electrons. The zero-order valence-electron chi connectivity index (χ0n) is 15.7. The number of fused-ring (bicyclic) bond motifs is 1. The van der Waals surface area contributed by atoms with Crippen molar-refractivity contribution in [1.29, 1.82) is 0 Å². The molecule has 2 heterocycles. The van der Waals surface area contributed by atoms with Gasteiger partial charge in [-0.1, -0.05) is 19.1 Å². The Balaban J connectivity index is 1.77. The maximum absolute atomic E-state index is 12.3. The van der Waals surface area contributed by atoms with Crippen LogP contribution in [0.1, 0.15) is 39.7 Å². The van der Waals surface area contributed by atoms with Crippen molar-refractivity contribution in [3.63, 3.8) is 0 Å². The van der Waals surface area contributed by atoms with E-state index in [2.05, 4.69) is 27.3 Å². The van der Waals surface area contributed by atoms with Crippen LogP contribution in [0, 0.1) is 0 Å². The molecule has 0 saturated carbocycles. The van der Waals surface area contributed by atoms with E-state index in [-0.39, 0.29) is 11.1 Å². The number of nitrogens with zero attached hydrogens (tertiary/aromatic N) is 3. The zero-order chi connectivity index (χ0) is 18.7. The molecule has 0 atom stereocenters. The van der Waals surface area contributed by atoms with Gasteiger partial charge in [0.2, 0.25) is 5.95 Å². The number of ether oxygens (including phenoxy) is 1. The molecule has 0 radical (unpaired) electrons. The van der Waals surface area contributed by atoms with Gasteiger partial charge in [-0.3, -0.25) is 9.78 Å². The summed E-state index contributed by atoms with van der Waals surface area (Å²) in [5.41, 5.74) is 1.19. The number of rotatable bonds is 6. The van der Waals surface area contributed by atoms with Gasteiger partial charge in [0.25, 0.3) is 5.56 Å². The molecule has 0 unspecified atom stereocenters. The molecule has 7 heteroatoms. The Bertz CT molecular complexity index is 935. The van der Waals surface area contributed by atoms with Crippen LogP contribution >= 0.6 is 0 Å². The summed E-state index contributed by atoms with van der Waals surface area (Å²) in [6.07, 6.45) is 2.54. The lowest BCUT2D eigenvalue weighted by molar-refractivity contribution is 0.317. The molecule has 0 bridgehead atoms. The normalized spacial score (nSPS) is 11.7. The van der Waals surface area contributed by atoms with Crippen molar-refractivity contribution >= 4 is 17.0 Å². The molecule has 0 aliphatic rings. The molecular weight excluding hydrogens is 330 g/mol. The second kappa shape index (κ2) is 7.19. The van der Waals surface area contributed by atoms with Gasteiger partial charge in [0.1, 0.15) is 11.1 Å². The SMILES string of the molecule is CCCOc1ccc(CNc2nc3c(cnn3C(C)(C)C)c(=O)[nH]2)cc1. The highest BCUT2D eigenvalue weighted by atomic mass is 16.5. The molecule has 3 aromatic rings. The van der Waals surface area contributed by atoms with Crippen molar-refractivity contribution in [1.82, 2.24) is 19.7 Å². The maximum Gasteiger partial charge on any atom is 0.263 e. The third-order valence-electron chi connectivity index (χ3n) is 3.93. The monoisotopic (exact) mass is 355 g/mol. The molecule has 1 aromatic carbocycles. The van der Waals surface area contributed by atoms with E-state index in [9.17, 15) is 4.79 Å². The van der Waals surface area contributed by atoms with E-state index >= 15 is 0 Å². The number of benzene rings is 1. The van der Waals surface area contributed by atoms with Gasteiger partial charge in [0.15, 0.2) is 5.65 Å². The zero-order valence-corrected chi connectivity index (χ0v) is 15.7. The minimum absolute atomic E-state index is 0.198. The largest absolute Gasteiger partial charge is 0.494 e. The lowest BCUT2D eigenvalue weighted by Gasteiger charge is -2.19. The van der Waals surface area contributed by atoms with E-state index in [1.165, 1.54) is 0 Å². The molecule has 0 amide bonds. The van der Waals surface area contributed by atoms with Crippen LogP contribution in [-0.4, -0.2) is 26.4 Å². The van der Waals surface area contributed by atoms with Crippen LogP contribution in [0.25, 0.3) is 11.0 Å². The van der Waals surface area contributed by atoms with Crippen molar-refractivity contribution < 1.29 is 4.74 Å². The van der Waals surface area contributed by atoms with E-state index in [4.69, 9.17) is 4.74 Å². The summed E-state index contributed by atoms with van der Waals surface area (Å²) in [6.45, 7) is 9.41. The van der Waals surface area contributed by atoms with Gasteiger partial charge in [-0.25, -0.2) is 4.68 Å². The van der Waals surface area contributed by atoms with Crippen molar-refractivity contribution in [2.24, 2.45) is 0 Å². The first kappa shape index (κ1) is 18.0. The fourth-order valence-corrected chi connectivity index (χ4v) is 2.60. The van der Waals surface area contributed by atoms with Gasteiger partial charge >= 0.3 is 0 Å². The molecule has 26 heavy (non-hydrogen) atoms. The lowest BCUT2D eigenvalue weighted by atomic mass is 10.1. The molecule has 3 rings (SSSR count). The smallest absolute Gasteiger partial charge is 0.263 e. The molecule has 0 fully saturated rings. The fourth-order valence-electron chi connectivity index (χ4n) is 2.60. The summed E-state index contributed by atoms with van der Waals surface area (Å²) in [5, 5.41) is 7.98. The average molecular weight is 355 g/mol. The van der Waals surface area contributed by atoms with E-state index in [0.29, 0.717) is 30.1 Å². The second-order valence-electron chi connectivity index (χ2n) is 7.22. The molecule has 2 aromatic heterocycles. The van der Waals surface area contributed by atoms with Gasteiger partial charge in [-0.2, -0.15) is 10.1 Å². The van der Waals surface area contributed by atoms with Crippen LogP contribution in [0.5, 0.6) is 5.75 Å². The molecule has 0 saturated heterocycles. The lowest BCUT2D eigenvalue weighted by Crippen LogP contribution is -2.24. The van der Waals surface area contributed by atoms with Crippen LogP contribution < -0.4 is 15.6 Å². The number of aromatic amines is 1. The third-order valence-corrected chi connectivity index (χ3v) is 3.93. The summed E-state index contributed by atoms with van der Waals surface area (Å²) in [6, 6.07) is 7.88. The topological polar surface area (TPSA) is 84.8 Å². The van der Waals surface area contributed by atoms with Crippen molar-refractivity contribution in [3.05, 3.63) is 46.4 Å². The Kier molecular flexibility index (Phi) is 4.97. The molecular formula is C19H25N5O2. The van der Waals surface area contributed by atoms with Crippen LogP contribution in [-0.2, 0) is 12.1 Å². The van der Waals surface area contributed by atoms with Crippen LogP contribution in [0.15, 0.2) is 35.3 Å². The molecule has 0 aliphatic carbocycles. The highest BCUT2D eigenvalue weighted by Crippen LogP contribution is 2.19. The Labute approximate surface area is 152 Å². The minimum Gasteiger partial charge on any atom is -0.494 e. The van der Waals surface area contributed by atoms with Crippen LogP contribution in [0.2, 0.25) is 0 Å². The quantitative estimate of drug-likeness (QED) is 0.709.